The van der Waals surface area contributed by atoms with E-state index in [1.165, 1.54) is 0 Å². The minimum Gasteiger partial charge on any atom is -0.391 e. The molecule has 3 N–H and O–H groups in total. The Kier molecular flexibility index (Phi) is 4.97. The van der Waals surface area contributed by atoms with Crippen LogP contribution in [0.5, 0.6) is 0 Å². The molecule has 106 valence electrons. The van der Waals surface area contributed by atoms with Gasteiger partial charge in [-0.3, -0.25) is 0 Å². The number of aliphatic hydroxyl groups excluding tert-OH is 1. The summed E-state index contributed by atoms with van der Waals surface area (Å²) in [5.41, 5.74) is 7.27. The maximum Gasteiger partial charge on any atom is 0.0783 e. The van der Waals surface area contributed by atoms with Gasteiger partial charge in [-0.15, -0.1) is 0 Å². The molecule has 1 aromatic rings. The fourth-order valence-corrected chi connectivity index (χ4v) is 3.09. The van der Waals surface area contributed by atoms with Crippen LogP contribution in [0.25, 0.3) is 0 Å². The van der Waals surface area contributed by atoms with E-state index in [1.807, 2.05) is 30.3 Å². The Morgan fingerprint density at radius 3 is 2.63 bits per heavy atom. The molecule has 1 aromatic carbocycles. The van der Waals surface area contributed by atoms with E-state index in [2.05, 4.69) is 13.8 Å². The van der Waals surface area contributed by atoms with Crippen LogP contribution in [0.15, 0.2) is 30.3 Å². The lowest BCUT2D eigenvalue weighted by Gasteiger charge is -2.42. The fourth-order valence-electron chi connectivity index (χ4n) is 3.09. The van der Waals surface area contributed by atoms with Crippen LogP contribution < -0.4 is 5.73 Å². The zero-order valence-electron chi connectivity index (χ0n) is 11.8. The average Bonchev–Trinajstić information content (AvgIpc) is 2.44. The molecule has 3 nitrogen and oxygen atoms in total. The quantitative estimate of drug-likeness (QED) is 0.876. The molecule has 0 aliphatic heterocycles. The van der Waals surface area contributed by atoms with Crippen molar-refractivity contribution in [3.8, 4) is 0 Å². The molecule has 3 heteroatoms. The predicted molar refractivity (Wildman–Crippen MR) is 76.6 cm³/mol. The summed E-state index contributed by atoms with van der Waals surface area (Å²) in [6, 6.07) is 9.83. The number of rotatable bonds is 4. The summed E-state index contributed by atoms with van der Waals surface area (Å²) in [7, 11) is 0. The molecule has 1 aliphatic rings. The van der Waals surface area contributed by atoms with E-state index in [0.717, 1.165) is 18.4 Å². The molecule has 1 fully saturated rings. The summed E-state index contributed by atoms with van der Waals surface area (Å²) in [5.74, 6) is 0.891. The largest absolute Gasteiger partial charge is 0.391 e. The van der Waals surface area contributed by atoms with Gasteiger partial charge in [0.2, 0.25) is 0 Å². The lowest BCUT2D eigenvalue weighted by atomic mass is 9.73. The third-order valence-corrected chi connectivity index (χ3v) is 4.44. The maximum atomic E-state index is 10.1. The van der Waals surface area contributed by atoms with E-state index in [9.17, 15) is 5.11 Å². The van der Waals surface area contributed by atoms with E-state index in [1.54, 1.807) is 0 Å². The molecule has 0 unspecified atom stereocenters. The Morgan fingerprint density at radius 1 is 1.32 bits per heavy atom. The maximum absolute atomic E-state index is 10.1. The van der Waals surface area contributed by atoms with Gasteiger partial charge in [0.1, 0.15) is 0 Å². The summed E-state index contributed by atoms with van der Waals surface area (Å²) in [5, 5.41) is 10.1. The van der Waals surface area contributed by atoms with Crippen LogP contribution in [0, 0.1) is 11.8 Å². The van der Waals surface area contributed by atoms with Gasteiger partial charge in [-0.05, 0) is 23.8 Å². The lowest BCUT2D eigenvalue weighted by molar-refractivity contribution is -0.0899. The van der Waals surface area contributed by atoms with Crippen molar-refractivity contribution in [2.45, 2.75) is 51.5 Å². The molecule has 0 bridgehead atoms. The van der Waals surface area contributed by atoms with Crippen molar-refractivity contribution < 1.29 is 9.84 Å². The summed E-state index contributed by atoms with van der Waals surface area (Å²) >= 11 is 0. The van der Waals surface area contributed by atoms with Crippen LogP contribution in [0.2, 0.25) is 0 Å². The highest BCUT2D eigenvalue weighted by Gasteiger charge is 2.40. The Hall–Kier alpha value is -0.900. The summed E-state index contributed by atoms with van der Waals surface area (Å²) < 4.78 is 6.01. The van der Waals surface area contributed by atoms with Gasteiger partial charge in [0.05, 0.1) is 24.9 Å². The van der Waals surface area contributed by atoms with Gasteiger partial charge in [-0.2, -0.15) is 0 Å². The first-order chi connectivity index (χ1) is 9.13. The molecule has 1 saturated carbocycles. The van der Waals surface area contributed by atoms with Crippen LogP contribution in [0.4, 0.5) is 0 Å². The molecule has 1 aliphatic carbocycles. The zero-order chi connectivity index (χ0) is 13.8. The molecule has 0 spiro atoms. The van der Waals surface area contributed by atoms with Gasteiger partial charge in [-0.1, -0.05) is 50.6 Å². The molecular weight excluding hydrogens is 238 g/mol. The SMILES string of the molecule is CC[C@H]1C[C@@H](O)[C@H](N)[C@@H](OCc2ccccc2)[C@@H]1C. The van der Waals surface area contributed by atoms with Gasteiger partial charge < -0.3 is 15.6 Å². The minimum absolute atomic E-state index is 0.0612. The van der Waals surface area contributed by atoms with E-state index < -0.39 is 6.10 Å². The standard InChI is InChI=1S/C16H25NO2/c1-3-13-9-14(18)15(17)16(11(13)2)19-10-12-7-5-4-6-8-12/h4-8,11,13-16,18H,3,9-10,17H2,1-2H3/t11-,13+,14-,15+,16+/m1/s1. The zero-order valence-corrected chi connectivity index (χ0v) is 11.8. The van der Waals surface area contributed by atoms with E-state index >= 15 is 0 Å². The highest BCUT2D eigenvalue weighted by atomic mass is 16.5. The number of benzene rings is 1. The van der Waals surface area contributed by atoms with Crippen molar-refractivity contribution in [1.82, 2.24) is 0 Å². The van der Waals surface area contributed by atoms with Crippen molar-refractivity contribution in [2.75, 3.05) is 0 Å². The Balaban J connectivity index is 2.00. The molecule has 0 heterocycles. The van der Waals surface area contributed by atoms with Crippen molar-refractivity contribution in [2.24, 2.45) is 17.6 Å². The van der Waals surface area contributed by atoms with Gasteiger partial charge in [0, 0.05) is 0 Å². The summed E-state index contributed by atoms with van der Waals surface area (Å²) in [6.07, 6.45) is 1.36. The smallest absolute Gasteiger partial charge is 0.0783 e. The molecule has 2 rings (SSSR count). The molecular formula is C16H25NO2. The topological polar surface area (TPSA) is 55.5 Å². The normalized spacial score (nSPS) is 35.3. The highest BCUT2D eigenvalue weighted by Crippen LogP contribution is 2.34. The number of aliphatic hydroxyl groups is 1. The van der Waals surface area contributed by atoms with Crippen molar-refractivity contribution in [1.29, 1.82) is 0 Å². The second kappa shape index (κ2) is 6.51. The molecule has 0 aromatic heterocycles. The third kappa shape index (κ3) is 3.35. The third-order valence-electron chi connectivity index (χ3n) is 4.44. The molecule has 0 saturated heterocycles. The Labute approximate surface area is 115 Å². The lowest BCUT2D eigenvalue weighted by Crippen LogP contribution is -2.55. The summed E-state index contributed by atoms with van der Waals surface area (Å²) in [6.45, 7) is 4.92. The molecule has 0 amide bonds. The van der Waals surface area contributed by atoms with Crippen LogP contribution in [0.1, 0.15) is 32.3 Å². The second-order valence-corrected chi connectivity index (χ2v) is 5.67. The monoisotopic (exact) mass is 263 g/mol. The van der Waals surface area contributed by atoms with Crippen LogP contribution in [0.3, 0.4) is 0 Å². The fraction of sp³-hybridized carbons (Fsp3) is 0.625. The number of nitrogens with two attached hydrogens (primary N) is 1. The average molecular weight is 263 g/mol. The van der Waals surface area contributed by atoms with Gasteiger partial charge in [0.15, 0.2) is 0 Å². The predicted octanol–water partition coefficient (Wildman–Crippen LogP) is 2.33. The van der Waals surface area contributed by atoms with Gasteiger partial charge in [-0.25, -0.2) is 0 Å². The van der Waals surface area contributed by atoms with Crippen LogP contribution >= 0.6 is 0 Å². The van der Waals surface area contributed by atoms with Crippen molar-refractivity contribution in [3.05, 3.63) is 35.9 Å². The number of hydrogen-bond donors (Lipinski definition) is 2. The van der Waals surface area contributed by atoms with E-state index in [4.69, 9.17) is 10.5 Å². The van der Waals surface area contributed by atoms with Crippen molar-refractivity contribution >= 4 is 0 Å². The first-order valence-electron chi connectivity index (χ1n) is 7.22. The summed E-state index contributed by atoms with van der Waals surface area (Å²) in [4.78, 5) is 0. The minimum atomic E-state index is -0.443. The molecule has 0 radical (unpaired) electrons. The number of ether oxygens (including phenoxy) is 1. The first kappa shape index (κ1) is 14.5. The second-order valence-electron chi connectivity index (χ2n) is 5.67. The van der Waals surface area contributed by atoms with Crippen LogP contribution in [-0.2, 0) is 11.3 Å². The Morgan fingerprint density at radius 2 is 2.00 bits per heavy atom. The highest BCUT2D eigenvalue weighted by molar-refractivity contribution is 5.13. The Bertz CT molecular complexity index is 382. The van der Waals surface area contributed by atoms with E-state index in [0.29, 0.717) is 18.4 Å². The van der Waals surface area contributed by atoms with Gasteiger partial charge >= 0.3 is 0 Å². The van der Waals surface area contributed by atoms with E-state index in [-0.39, 0.29) is 12.1 Å². The van der Waals surface area contributed by atoms with Crippen LogP contribution in [-0.4, -0.2) is 23.4 Å². The first-order valence-corrected chi connectivity index (χ1v) is 7.22. The molecule has 5 atom stereocenters. The number of hydrogen-bond acceptors (Lipinski definition) is 3. The van der Waals surface area contributed by atoms with Gasteiger partial charge in [0.25, 0.3) is 0 Å². The molecule has 19 heavy (non-hydrogen) atoms. The van der Waals surface area contributed by atoms with Crippen molar-refractivity contribution in [3.63, 3.8) is 0 Å².